The van der Waals surface area contributed by atoms with Gasteiger partial charge in [-0.15, -0.1) is 5.10 Å². The fourth-order valence-corrected chi connectivity index (χ4v) is 1.76. The molecule has 92 valence electrons. The summed E-state index contributed by atoms with van der Waals surface area (Å²) in [5, 5.41) is 18.0. The largest absolute Gasteiger partial charge is 0.384 e. The number of rotatable bonds is 7. The van der Waals surface area contributed by atoms with Gasteiger partial charge in [0, 0.05) is 13.7 Å². The van der Waals surface area contributed by atoms with Gasteiger partial charge >= 0.3 is 0 Å². The van der Waals surface area contributed by atoms with Crippen LogP contribution in [0.2, 0.25) is 0 Å². The molecule has 0 radical (unpaired) electrons. The highest BCUT2D eigenvalue weighted by Gasteiger charge is 2.23. The van der Waals surface area contributed by atoms with Gasteiger partial charge in [-0.2, -0.15) is 0 Å². The van der Waals surface area contributed by atoms with Gasteiger partial charge in [0.05, 0.1) is 18.0 Å². The molecule has 0 bridgehead atoms. The lowest BCUT2D eigenvalue weighted by atomic mass is 10.1. The van der Waals surface area contributed by atoms with E-state index < -0.39 is 6.10 Å². The van der Waals surface area contributed by atoms with E-state index in [1.54, 1.807) is 18.0 Å². The number of methoxy groups -OCH3 is 1. The molecule has 2 atom stereocenters. The van der Waals surface area contributed by atoms with Crippen LogP contribution in [-0.4, -0.2) is 33.3 Å². The molecule has 0 aromatic carbocycles. The molecule has 1 heterocycles. The topological polar surface area (TPSA) is 60.2 Å². The second-order valence-corrected chi connectivity index (χ2v) is 3.89. The van der Waals surface area contributed by atoms with Crippen LogP contribution < -0.4 is 0 Å². The SMILES string of the molecule is CCCC(OC)C(O)c1cnnn1CCC. The third-order valence-electron chi connectivity index (χ3n) is 2.61. The second kappa shape index (κ2) is 6.60. The highest BCUT2D eigenvalue weighted by atomic mass is 16.5. The van der Waals surface area contributed by atoms with Gasteiger partial charge in [-0.3, -0.25) is 0 Å². The van der Waals surface area contributed by atoms with Crippen LogP contribution in [0.5, 0.6) is 0 Å². The van der Waals surface area contributed by atoms with Crippen LogP contribution in [0.15, 0.2) is 6.20 Å². The molecule has 0 aliphatic heterocycles. The zero-order valence-corrected chi connectivity index (χ0v) is 10.3. The van der Waals surface area contributed by atoms with Crippen LogP contribution in [0.4, 0.5) is 0 Å². The lowest BCUT2D eigenvalue weighted by Gasteiger charge is -2.21. The summed E-state index contributed by atoms with van der Waals surface area (Å²) in [6.07, 6.45) is 3.56. The van der Waals surface area contributed by atoms with Gasteiger partial charge in [0.2, 0.25) is 0 Å². The molecule has 1 N–H and O–H groups in total. The van der Waals surface area contributed by atoms with E-state index in [0.29, 0.717) is 0 Å². The Balaban J connectivity index is 2.76. The molecular weight excluding hydrogens is 206 g/mol. The van der Waals surface area contributed by atoms with Crippen molar-refractivity contribution in [2.75, 3.05) is 7.11 Å². The molecule has 0 saturated carbocycles. The molecule has 1 rings (SSSR count). The van der Waals surface area contributed by atoms with E-state index in [1.165, 1.54) is 0 Å². The van der Waals surface area contributed by atoms with Crippen molar-refractivity contribution in [3.63, 3.8) is 0 Å². The summed E-state index contributed by atoms with van der Waals surface area (Å²) in [4.78, 5) is 0. The van der Waals surface area contributed by atoms with Crippen molar-refractivity contribution in [2.24, 2.45) is 0 Å². The van der Waals surface area contributed by atoms with Crippen molar-refractivity contribution in [2.45, 2.75) is 51.9 Å². The molecule has 0 aliphatic rings. The predicted octanol–water partition coefficient (Wildman–Crippen LogP) is 1.54. The van der Waals surface area contributed by atoms with Crippen molar-refractivity contribution < 1.29 is 9.84 Å². The molecular formula is C11H21N3O2. The first kappa shape index (κ1) is 13.1. The summed E-state index contributed by atoms with van der Waals surface area (Å²) >= 11 is 0. The quantitative estimate of drug-likeness (QED) is 0.767. The van der Waals surface area contributed by atoms with Crippen molar-refractivity contribution in [3.05, 3.63) is 11.9 Å². The zero-order chi connectivity index (χ0) is 12.0. The number of aliphatic hydroxyl groups is 1. The van der Waals surface area contributed by atoms with Crippen molar-refractivity contribution >= 4 is 0 Å². The molecule has 1 aromatic heterocycles. The van der Waals surface area contributed by atoms with Gasteiger partial charge in [-0.05, 0) is 12.8 Å². The minimum Gasteiger partial charge on any atom is -0.384 e. The van der Waals surface area contributed by atoms with E-state index in [9.17, 15) is 5.11 Å². The van der Waals surface area contributed by atoms with Crippen LogP contribution in [0.1, 0.15) is 44.9 Å². The van der Waals surface area contributed by atoms with Crippen LogP contribution >= 0.6 is 0 Å². The maximum absolute atomic E-state index is 10.2. The first-order valence-electron chi connectivity index (χ1n) is 5.83. The standard InChI is InChI=1S/C11H21N3O2/c1-4-6-10(16-3)11(15)9-8-12-13-14(9)7-5-2/h8,10-11,15H,4-7H2,1-3H3. The van der Waals surface area contributed by atoms with Crippen LogP contribution in [0, 0.1) is 0 Å². The van der Waals surface area contributed by atoms with Crippen LogP contribution in [0.25, 0.3) is 0 Å². The Morgan fingerprint density at radius 2 is 2.19 bits per heavy atom. The Kier molecular flexibility index (Phi) is 5.42. The minimum atomic E-state index is -0.647. The molecule has 0 saturated heterocycles. The number of hydrogen-bond acceptors (Lipinski definition) is 4. The summed E-state index contributed by atoms with van der Waals surface area (Å²) in [6.45, 7) is 4.91. The van der Waals surface area contributed by atoms with Crippen LogP contribution in [-0.2, 0) is 11.3 Å². The predicted molar refractivity (Wildman–Crippen MR) is 61.0 cm³/mol. The number of aliphatic hydroxyl groups excluding tert-OH is 1. The molecule has 16 heavy (non-hydrogen) atoms. The maximum atomic E-state index is 10.2. The summed E-state index contributed by atoms with van der Waals surface area (Å²) < 4.78 is 7.03. The van der Waals surface area contributed by atoms with E-state index in [1.807, 2.05) is 0 Å². The number of ether oxygens (including phenoxy) is 1. The van der Waals surface area contributed by atoms with Gasteiger partial charge in [0.25, 0.3) is 0 Å². The molecule has 5 heteroatoms. The fourth-order valence-electron chi connectivity index (χ4n) is 1.76. The average Bonchev–Trinajstić information content (AvgIpc) is 2.73. The Morgan fingerprint density at radius 1 is 1.44 bits per heavy atom. The van der Waals surface area contributed by atoms with Gasteiger partial charge in [-0.25, -0.2) is 4.68 Å². The van der Waals surface area contributed by atoms with Gasteiger partial charge in [0.1, 0.15) is 6.10 Å². The molecule has 0 fully saturated rings. The van der Waals surface area contributed by atoms with E-state index in [0.717, 1.165) is 31.5 Å². The number of aromatic nitrogens is 3. The molecule has 5 nitrogen and oxygen atoms in total. The zero-order valence-electron chi connectivity index (χ0n) is 10.3. The van der Waals surface area contributed by atoms with Crippen molar-refractivity contribution in [1.29, 1.82) is 0 Å². The maximum Gasteiger partial charge on any atom is 0.123 e. The van der Waals surface area contributed by atoms with E-state index >= 15 is 0 Å². The number of hydrogen-bond donors (Lipinski definition) is 1. The first-order chi connectivity index (χ1) is 7.74. The number of nitrogens with zero attached hydrogens (tertiary/aromatic N) is 3. The first-order valence-corrected chi connectivity index (χ1v) is 5.83. The fraction of sp³-hybridized carbons (Fsp3) is 0.818. The molecule has 1 aromatic rings. The average molecular weight is 227 g/mol. The lowest BCUT2D eigenvalue weighted by Crippen LogP contribution is -2.23. The van der Waals surface area contributed by atoms with Gasteiger partial charge in [0.15, 0.2) is 0 Å². The van der Waals surface area contributed by atoms with E-state index in [4.69, 9.17) is 4.74 Å². The smallest absolute Gasteiger partial charge is 0.123 e. The monoisotopic (exact) mass is 227 g/mol. The van der Waals surface area contributed by atoms with Gasteiger partial charge in [-0.1, -0.05) is 25.5 Å². The normalized spacial score (nSPS) is 15.0. The second-order valence-electron chi connectivity index (χ2n) is 3.89. The van der Waals surface area contributed by atoms with E-state index in [-0.39, 0.29) is 6.10 Å². The minimum absolute atomic E-state index is 0.181. The lowest BCUT2D eigenvalue weighted by molar-refractivity contribution is -0.0221. The third kappa shape index (κ3) is 3.02. The highest BCUT2D eigenvalue weighted by molar-refractivity contribution is 5.01. The van der Waals surface area contributed by atoms with Crippen LogP contribution in [0.3, 0.4) is 0 Å². The highest BCUT2D eigenvalue weighted by Crippen LogP contribution is 2.21. The van der Waals surface area contributed by atoms with Crippen molar-refractivity contribution in [3.8, 4) is 0 Å². The molecule has 0 spiro atoms. The third-order valence-corrected chi connectivity index (χ3v) is 2.61. The Bertz CT molecular complexity index is 301. The molecule has 0 aliphatic carbocycles. The Hall–Kier alpha value is -0.940. The summed E-state index contributed by atoms with van der Waals surface area (Å²) in [5.41, 5.74) is 0.738. The van der Waals surface area contributed by atoms with Crippen molar-refractivity contribution in [1.82, 2.24) is 15.0 Å². The molecule has 0 amide bonds. The summed E-state index contributed by atoms with van der Waals surface area (Å²) in [6, 6.07) is 0. The Labute approximate surface area is 96.4 Å². The van der Waals surface area contributed by atoms with E-state index in [2.05, 4.69) is 24.2 Å². The molecule has 2 unspecified atom stereocenters. The summed E-state index contributed by atoms with van der Waals surface area (Å²) in [7, 11) is 1.62. The summed E-state index contributed by atoms with van der Waals surface area (Å²) in [5.74, 6) is 0. The Morgan fingerprint density at radius 3 is 2.75 bits per heavy atom. The number of aryl methyl sites for hydroxylation is 1. The van der Waals surface area contributed by atoms with Gasteiger partial charge < -0.3 is 9.84 Å².